The van der Waals surface area contributed by atoms with Crippen LogP contribution in [0.25, 0.3) is 0 Å². The smallest absolute Gasteiger partial charge is 0.258 e. The predicted octanol–water partition coefficient (Wildman–Crippen LogP) is 5.68. The second-order valence-electron chi connectivity index (χ2n) is 6.54. The molecule has 1 unspecified atom stereocenters. The lowest BCUT2D eigenvalue weighted by atomic mass is 10.1. The minimum absolute atomic E-state index is 0.0112. The van der Waals surface area contributed by atoms with Crippen molar-refractivity contribution in [2.45, 2.75) is 12.3 Å². The Balaban J connectivity index is 1.61. The highest BCUT2D eigenvalue weighted by Gasteiger charge is 2.32. The predicted molar refractivity (Wildman–Crippen MR) is 110 cm³/mol. The zero-order chi connectivity index (χ0) is 18.6. The van der Waals surface area contributed by atoms with Crippen LogP contribution in [0.3, 0.4) is 0 Å². The number of amides is 1. The monoisotopic (exact) mass is 375 g/mol. The van der Waals surface area contributed by atoms with Crippen LogP contribution in [0.5, 0.6) is 11.5 Å². The van der Waals surface area contributed by atoms with Crippen LogP contribution >= 0.6 is 11.8 Å². The summed E-state index contributed by atoms with van der Waals surface area (Å²) < 4.78 is 5.99. The average molecular weight is 375 g/mol. The summed E-state index contributed by atoms with van der Waals surface area (Å²) in [4.78, 5) is 15.3. The quantitative estimate of drug-likeness (QED) is 0.588. The standard InChI is InChI=1S/C23H21NO2S/c1-17-11-13-18(14-12-17)23-24(15-16-27-23)22(25)20-9-5-6-10-21(20)26-19-7-3-2-4-8-19/h2-14,23H,15-16H2,1H3. The summed E-state index contributed by atoms with van der Waals surface area (Å²) in [6.45, 7) is 2.81. The fourth-order valence-corrected chi connectivity index (χ4v) is 4.44. The van der Waals surface area contributed by atoms with Gasteiger partial charge in [-0.2, -0.15) is 0 Å². The molecule has 27 heavy (non-hydrogen) atoms. The molecule has 1 aliphatic heterocycles. The third-order valence-corrected chi connectivity index (χ3v) is 5.86. The number of ether oxygens (including phenoxy) is 1. The molecule has 0 N–H and O–H groups in total. The van der Waals surface area contributed by atoms with Crippen molar-refractivity contribution in [3.05, 3.63) is 95.6 Å². The summed E-state index contributed by atoms with van der Waals surface area (Å²) in [5, 5.41) is 0.0443. The van der Waals surface area contributed by atoms with Crippen LogP contribution in [0.15, 0.2) is 78.9 Å². The molecule has 0 spiro atoms. The van der Waals surface area contributed by atoms with Gasteiger partial charge in [-0.3, -0.25) is 4.79 Å². The van der Waals surface area contributed by atoms with Gasteiger partial charge >= 0.3 is 0 Å². The van der Waals surface area contributed by atoms with Gasteiger partial charge in [0.2, 0.25) is 0 Å². The number of thioether (sulfide) groups is 1. The summed E-state index contributed by atoms with van der Waals surface area (Å²) in [7, 11) is 0. The Kier molecular flexibility index (Phi) is 5.16. The van der Waals surface area contributed by atoms with Crippen LogP contribution in [0.2, 0.25) is 0 Å². The summed E-state index contributed by atoms with van der Waals surface area (Å²) in [6.07, 6.45) is 0. The largest absolute Gasteiger partial charge is 0.457 e. The lowest BCUT2D eigenvalue weighted by Crippen LogP contribution is -2.30. The highest BCUT2D eigenvalue weighted by atomic mass is 32.2. The number of benzene rings is 3. The maximum Gasteiger partial charge on any atom is 0.258 e. The second kappa shape index (κ2) is 7.89. The Bertz CT molecular complexity index is 925. The third-order valence-electron chi connectivity index (χ3n) is 4.60. The molecular formula is C23H21NO2S. The summed E-state index contributed by atoms with van der Waals surface area (Å²) in [6, 6.07) is 25.5. The first-order valence-corrected chi connectivity index (χ1v) is 10.1. The molecule has 3 aromatic rings. The van der Waals surface area contributed by atoms with Crippen molar-refractivity contribution >= 4 is 17.7 Å². The molecule has 136 valence electrons. The Labute approximate surface area is 164 Å². The van der Waals surface area contributed by atoms with E-state index >= 15 is 0 Å². The van der Waals surface area contributed by atoms with E-state index in [9.17, 15) is 4.79 Å². The number of aryl methyl sites for hydroxylation is 1. The van der Waals surface area contributed by atoms with Crippen molar-refractivity contribution in [1.29, 1.82) is 0 Å². The minimum atomic E-state index is 0.0112. The fourth-order valence-electron chi connectivity index (χ4n) is 3.19. The van der Waals surface area contributed by atoms with Crippen LogP contribution in [0.4, 0.5) is 0 Å². The molecule has 4 rings (SSSR count). The normalized spacial score (nSPS) is 16.3. The molecule has 1 heterocycles. The summed E-state index contributed by atoms with van der Waals surface area (Å²) >= 11 is 1.81. The van der Waals surface area contributed by atoms with Gasteiger partial charge in [-0.05, 0) is 36.8 Å². The number of rotatable bonds is 4. The molecule has 4 heteroatoms. The van der Waals surface area contributed by atoms with Gasteiger partial charge in [0.15, 0.2) is 0 Å². The number of carbonyl (C=O) groups is 1. The number of carbonyl (C=O) groups excluding carboxylic acids is 1. The molecule has 0 radical (unpaired) electrons. The molecule has 1 aliphatic rings. The molecule has 0 aromatic heterocycles. The highest BCUT2D eigenvalue weighted by molar-refractivity contribution is 7.99. The highest BCUT2D eigenvalue weighted by Crippen LogP contribution is 2.40. The van der Waals surface area contributed by atoms with Crippen molar-refractivity contribution in [3.8, 4) is 11.5 Å². The van der Waals surface area contributed by atoms with Crippen molar-refractivity contribution in [2.24, 2.45) is 0 Å². The minimum Gasteiger partial charge on any atom is -0.457 e. The van der Waals surface area contributed by atoms with Crippen LogP contribution in [-0.4, -0.2) is 23.1 Å². The molecule has 0 saturated carbocycles. The molecule has 1 amide bonds. The van der Waals surface area contributed by atoms with Gasteiger partial charge in [0.05, 0.1) is 5.56 Å². The Morgan fingerprint density at radius 3 is 2.44 bits per heavy atom. The molecule has 0 bridgehead atoms. The van der Waals surface area contributed by atoms with E-state index in [1.165, 1.54) is 5.56 Å². The van der Waals surface area contributed by atoms with E-state index < -0.39 is 0 Å². The number of hydrogen-bond acceptors (Lipinski definition) is 3. The second-order valence-corrected chi connectivity index (χ2v) is 7.73. The van der Waals surface area contributed by atoms with Crippen molar-refractivity contribution < 1.29 is 9.53 Å². The SMILES string of the molecule is Cc1ccc(C2SCCN2C(=O)c2ccccc2Oc2ccccc2)cc1. The van der Waals surface area contributed by atoms with Gasteiger partial charge < -0.3 is 9.64 Å². The third kappa shape index (κ3) is 3.86. The van der Waals surface area contributed by atoms with Gasteiger partial charge in [0, 0.05) is 12.3 Å². The van der Waals surface area contributed by atoms with Gasteiger partial charge in [-0.25, -0.2) is 0 Å². The van der Waals surface area contributed by atoms with Gasteiger partial charge in [0.1, 0.15) is 16.9 Å². The molecule has 3 nitrogen and oxygen atoms in total. The van der Waals surface area contributed by atoms with Crippen molar-refractivity contribution in [2.75, 3.05) is 12.3 Å². The Morgan fingerprint density at radius 2 is 1.67 bits per heavy atom. The lowest BCUT2D eigenvalue weighted by Gasteiger charge is -2.25. The van der Waals surface area contributed by atoms with E-state index in [1.54, 1.807) is 11.8 Å². The van der Waals surface area contributed by atoms with E-state index in [0.717, 1.165) is 23.6 Å². The van der Waals surface area contributed by atoms with E-state index in [1.807, 2.05) is 59.5 Å². The Hall–Kier alpha value is -2.72. The first-order chi connectivity index (χ1) is 13.2. The summed E-state index contributed by atoms with van der Waals surface area (Å²) in [5.74, 6) is 2.26. The van der Waals surface area contributed by atoms with Crippen molar-refractivity contribution in [1.82, 2.24) is 4.90 Å². The van der Waals surface area contributed by atoms with Gasteiger partial charge in [-0.1, -0.05) is 60.2 Å². The van der Waals surface area contributed by atoms with E-state index in [0.29, 0.717) is 11.3 Å². The summed E-state index contributed by atoms with van der Waals surface area (Å²) in [5.41, 5.74) is 2.99. The molecule has 1 atom stereocenters. The first-order valence-electron chi connectivity index (χ1n) is 9.03. The van der Waals surface area contributed by atoms with Crippen LogP contribution in [0.1, 0.15) is 26.9 Å². The number of hydrogen-bond donors (Lipinski definition) is 0. The van der Waals surface area contributed by atoms with Crippen LogP contribution in [-0.2, 0) is 0 Å². The van der Waals surface area contributed by atoms with Crippen LogP contribution in [0, 0.1) is 6.92 Å². The van der Waals surface area contributed by atoms with Crippen LogP contribution < -0.4 is 4.74 Å². The maximum atomic E-state index is 13.3. The van der Waals surface area contributed by atoms with Gasteiger partial charge in [-0.15, -0.1) is 11.8 Å². The van der Waals surface area contributed by atoms with E-state index in [-0.39, 0.29) is 11.3 Å². The van der Waals surface area contributed by atoms with E-state index in [2.05, 4.69) is 31.2 Å². The number of nitrogens with zero attached hydrogens (tertiary/aromatic N) is 1. The van der Waals surface area contributed by atoms with Crippen molar-refractivity contribution in [3.63, 3.8) is 0 Å². The zero-order valence-corrected chi connectivity index (χ0v) is 16.0. The van der Waals surface area contributed by atoms with Gasteiger partial charge in [0.25, 0.3) is 5.91 Å². The number of para-hydroxylation sites is 2. The lowest BCUT2D eigenvalue weighted by molar-refractivity contribution is 0.0757. The Morgan fingerprint density at radius 1 is 0.963 bits per heavy atom. The average Bonchev–Trinajstić information content (AvgIpc) is 3.19. The fraction of sp³-hybridized carbons (Fsp3) is 0.174. The molecule has 3 aromatic carbocycles. The maximum absolute atomic E-state index is 13.3. The molecule has 1 saturated heterocycles. The molecule has 0 aliphatic carbocycles. The van der Waals surface area contributed by atoms with E-state index in [4.69, 9.17) is 4.74 Å². The molecular weight excluding hydrogens is 354 g/mol. The zero-order valence-electron chi connectivity index (χ0n) is 15.2. The topological polar surface area (TPSA) is 29.5 Å². The first kappa shape index (κ1) is 17.7. The molecule has 1 fully saturated rings.